The first kappa shape index (κ1) is 15.2. The Morgan fingerprint density at radius 1 is 1.53 bits per heavy atom. The van der Waals surface area contributed by atoms with Gasteiger partial charge in [-0.25, -0.2) is 0 Å². The summed E-state index contributed by atoms with van der Waals surface area (Å²) >= 11 is 0. The van der Waals surface area contributed by atoms with Gasteiger partial charge in [-0.2, -0.15) is 0 Å². The molecule has 8 heteroatoms. The average molecular weight is 257 g/mol. The highest BCUT2D eigenvalue weighted by Crippen LogP contribution is 2.54. The fourth-order valence-electron chi connectivity index (χ4n) is 0.875. The second-order valence-corrected chi connectivity index (χ2v) is 8.67. The molecule has 0 amide bonds. The molecule has 0 fully saturated rings. The number of quaternary nitrogens is 1. The molecule has 2 atom stereocenters. The van der Waals surface area contributed by atoms with Crippen molar-refractivity contribution in [3.05, 3.63) is 0 Å². The summed E-state index contributed by atoms with van der Waals surface area (Å²) in [6.45, 7) is 2.05. The number of likely N-dealkylation sites (N-methyl/N-ethyl adjacent to an activating group) is 1. The van der Waals surface area contributed by atoms with Gasteiger partial charge < -0.3 is 23.9 Å². The third-order valence-electron chi connectivity index (χ3n) is 1.36. The van der Waals surface area contributed by atoms with Crippen molar-refractivity contribution in [2.75, 3.05) is 34.3 Å². The maximum absolute atomic E-state index is 11.4. The lowest BCUT2D eigenvalue weighted by Gasteiger charge is -2.24. The molecule has 0 bridgehead atoms. The molecule has 0 aliphatic carbocycles. The lowest BCUT2D eigenvalue weighted by Crippen LogP contribution is -2.40. The molecule has 0 rings (SSSR count). The molecule has 0 aromatic rings. The van der Waals surface area contributed by atoms with Gasteiger partial charge in [-0.3, -0.25) is 4.57 Å². The van der Waals surface area contributed by atoms with Gasteiger partial charge in [0.05, 0.1) is 27.7 Å². The van der Waals surface area contributed by atoms with Gasteiger partial charge in [0.2, 0.25) is 0 Å². The molecule has 0 spiro atoms. The Morgan fingerprint density at radius 3 is 2.27 bits per heavy atom. The van der Waals surface area contributed by atoms with E-state index in [4.69, 9.17) is 9.63 Å². The van der Waals surface area contributed by atoms with E-state index in [-0.39, 0.29) is 18.6 Å². The Morgan fingerprint density at radius 2 is 2.00 bits per heavy atom. The van der Waals surface area contributed by atoms with E-state index >= 15 is 0 Å². The first-order chi connectivity index (χ1) is 6.58. The Balaban J connectivity index is 5.04. The van der Waals surface area contributed by atoms with Crippen LogP contribution in [0.4, 0.5) is 0 Å². The summed E-state index contributed by atoms with van der Waals surface area (Å²) in [5, 5.41) is 0. The first-order valence-corrected chi connectivity index (χ1v) is 7.93. The monoisotopic (exact) mass is 257 g/mol. The van der Waals surface area contributed by atoms with Crippen LogP contribution in [0.3, 0.4) is 0 Å². The van der Waals surface area contributed by atoms with Crippen LogP contribution < -0.4 is 9.79 Å². The lowest BCUT2D eigenvalue weighted by molar-refractivity contribution is -0.861. The summed E-state index contributed by atoms with van der Waals surface area (Å²) in [6.07, 6.45) is 0. The van der Waals surface area contributed by atoms with Crippen molar-refractivity contribution in [3.63, 3.8) is 0 Å². The average Bonchev–Trinajstić information content (AvgIpc) is 1.98. The summed E-state index contributed by atoms with van der Waals surface area (Å²) in [7, 11) is -2.31. The maximum atomic E-state index is 11.4. The third kappa shape index (κ3) is 6.38. The van der Waals surface area contributed by atoms with Crippen LogP contribution in [0.1, 0.15) is 6.92 Å². The van der Waals surface area contributed by atoms with E-state index in [1.165, 1.54) is 0 Å². The van der Waals surface area contributed by atoms with E-state index in [9.17, 15) is 14.4 Å². The van der Waals surface area contributed by atoms with Crippen molar-refractivity contribution in [2.24, 2.45) is 0 Å². The van der Waals surface area contributed by atoms with E-state index in [0.29, 0.717) is 4.48 Å². The first-order valence-electron chi connectivity index (χ1n) is 4.38. The Kier molecular flexibility index (Phi) is 5.58. The van der Waals surface area contributed by atoms with Crippen LogP contribution in [0.5, 0.6) is 0 Å². The van der Waals surface area contributed by atoms with Crippen LogP contribution >= 0.6 is 14.7 Å². The molecule has 90 valence electrons. The van der Waals surface area contributed by atoms with Gasteiger partial charge in [0.1, 0.15) is 0 Å². The number of hydrogen-bond acceptors (Lipinski definition) is 4. The van der Waals surface area contributed by atoms with Gasteiger partial charge in [0.25, 0.3) is 5.48 Å². The molecule has 1 N–H and O–H groups in total. The Bertz CT molecular complexity index is 290. The predicted molar refractivity (Wildman–Crippen MR) is 56.3 cm³/mol. The SMILES string of the molecule is CCOC(C[N+](C)(C)C)=[P+]([O-])P(=O)([O-])O. The van der Waals surface area contributed by atoms with Crippen molar-refractivity contribution in [2.45, 2.75) is 6.92 Å². The second-order valence-electron chi connectivity index (χ2n) is 4.04. The molecule has 0 saturated heterocycles. The quantitative estimate of drug-likeness (QED) is 0.507. The Hall–Kier alpha value is 0.200. The number of nitrogens with zero attached hydrogens (tertiary/aromatic N) is 1. The van der Waals surface area contributed by atoms with Crippen molar-refractivity contribution in [1.82, 2.24) is 0 Å². The third-order valence-corrected chi connectivity index (χ3v) is 4.57. The summed E-state index contributed by atoms with van der Waals surface area (Å²) in [5.41, 5.74) is -0.0826. The summed E-state index contributed by atoms with van der Waals surface area (Å²) in [6, 6.07) is 0. The van der Waals surface area contributed by atoms with E-state index in [2.05, 4.69) is 0 Å². The molecule has 2 unspecified atom stereocenters. The molecular weight excluding hydrogens is 240 g/mol. The number of rotatable bonds is 5. The molecule has 0 aliphatic heterocycles. The van der Waals surface area contributed by atoms with E-state index in [1.54, 1.807) is 28.1 Å². The van der Waals surface area contributed by atoms with Gasteiger partial charge in [-0.15, -0.1) is 0 Å². The zero-order chi connectivity index (χ0) is 12.3. The zero-order valence-electron chi connectivity index (χ0n) is 9.34. The van der Waals surface area contributed by atoms with Crippen molar-refractivity contribution >= 4 is 20.2 Å². The van der Waals surface area contributed by atoms with Crippen LogP contribution in [0.15, 0.2) is 0 Å². The molecule has 15 heavy (non-hydrogen) atoms. The smallest absolute Gasteiger partial charge is 0.328 e. The molecular formula is C7H17NO5P2. The lowest BCUT2D eigenvalue weighted by atomic mass is 10.5. The van der Waals surface area contributed by atoms with Crippen molar-refractivity contribution < 1.29 is 28.5 Å². The van der Waals surface area contributed by atoms with Crippen LogP contribution in [0.25, 0.3) is 0 Å². The molecule has 0 heterocycles. The molecule has 0 aliphatic rings. The highest BCUT2D eigenvalue weighted by Gasteiger charge is 2.26. The minimum absolute atomic E-state index is 0.0826. The van der Waals surface area contributed by atoms with Gasteiger partial charge in [0, 0.05) is 0 Å². The van der Waals surface area contributed by atoms with Gasteiger partial charge in [-0.05, 0) is 6.92 Å². The highest BCUT2D eigenvalue weighted by molar-refractivity contribution is 8.23. The topological polar surface area (TPSA) is 92.7 Å². The zero-order valence-corrected chi connectivity index (χ0v) is 11.1. The van der Waals surface area contributed by atoms with Crippen molar-refractivity contribution in [3.8, 4) is 0 Å². The molecule has 6 nitrogen and oxygen atoms in total. The van der Waals surface area contributed by atoms with Crippen LogP contribution in [0.2, 0.25) is 0 Å². The second kappa shape index (κ2) is 5.51. The van der Waals surface area contributed by atoms with Gasteiger partial charge >= 0.3 is 7.28 Å². The van der Waals surface area contributed by atoms with Gasteiger partial charge in [0.15, 0.2) is 14.0 Å². The van der Waals surface area contributed by atoms with Crippen molar-refractivity contribution in [1.29, 1.82) is 0 Å². The number of hydrogen-bond donors (Lipinski definition) is 1. The largest absolute Gasteiger partial charge is 0.741 e. The Labute approximate surface area is 90.6 Å². The molecule has 0 aromatic heterocycles. The summed E-state index contributed by atoms with van der Waals surface area (Å²) in [4.78, 5) is 30.8. The minimum atomic E-state index is -4.84. The van der Waals surface area contributed by atoms with E-state index in [0.717, 1.165) is 0 Å². The predicted octanol–water partition coefficient (Wildman–Crippen LogP) is -0.923. The maximum Gasteiger partial charge on any atom is 0.328 e. The number of ether oxygens (including phenoxy) is 1. The van der Waals surface area contributed by atoms with Crippen LogP contribution in [0, 0.1) is 0 Å². The molecule has 0 saturated carbocycles. The molecule has 0 radical (unpaired) electrons. The standard InChI is InChI=1S/C7H17NO5P2/c1-5-13-7(6-8(2,3)4)14(9)15(10,11)12/h5-6H2,1-4H3,(H-,10,11,12). The summed E-state index contributed by atoms with van der Waals surface area (Å²) in [5.74, 6) is 0. The fraction of sp³-hybridized carbons (Fsp3) is 0.857. The van der Waals surface area contributed by atoms with E-state index < -0.39 is 14.7 Å². The van der Waals surface area contributed by atoms with Crippen LogP contribution in [-0.4, -0.2) is 49.2 Å². The fourth-order valence-corrected chi connectivity index (χ4v) is 3.15. The minimum Gasteiger partial charge on any atom is -0.741 e. The normalized spacial score (nSPS) is 18.3. The highest BCUT2D eigenvalue weighted by atomic mass is 32.1. The molecule has 0 aromatic carbocycles. The van der Waals surface area contributed by atoms with Gasteiger partial charge in [-0.1, -0.05) is 0 Å². The summed E-state index contributed by atoms with van der Waals surface area (Å²) < 4.78 is 16.1. The van der Waals surface area contributed by atoms with Crippen LogP contribution in [-0.2, 0) is 9.30 Å². The van der Waals surface area contributed by atoms with E-state index in [1.807, 2.05) is 0 Å².